The summed E-state index contributed by atoms with van der Waals surface area (Å²) in [5.74, 6) is 0.0920. The number of carbonyl (C=O) groups excluding carboxylic acids is 1. The first-order valence-electron chi connectivity index (χ1n) is 7.64. The van der Waals surface area contributed by atoms with E-state index in [9.17, 15) is 4.79 Å². The van der Waals surface area contributed by atoms with Gasteiger partial charge in [-0.05, 0) is 82.9 Å². The van der Waals surface area contributed by atoms with Crippen LogP contribution in [-0.2, 0) is 9.53 Å². The lowest BCUT2D eigenvalue weighted by Crippen LogP contribution is -2.10. The summed E-state index contributed by atoms with van der Waals surface area (Å²) >= 11 is 6.72. The molecule has 0 amide bonds. The predicted octanol–water partition coefficient (Wildman–Crippen LogP) is 6.13. The van der Waals surface area contributed by atoms with Crippen LogP contribution in [0.4, 0.5) is 0 Å². The molecule has 1 rings (SSSR count). The number of ether oxygens (including phenoxy) is 1. The van der Waals surface area contributed by atoms with Crippen LogP contribution in [0.3, 0.4) is 0 Å². The quantitative estimate of drug-likeness (QED) is 0.356. The van der Waals surface area contributed by atoms with Crippen LogP contribution in [0.15, 0.2) is 32.8 Å². The van der Waals surface area contributed by atoms with Crippen LogP contribution < -0.4 is 0 Å². The molecule has 0 aromatic rings. The van der Waals surface area contributed by atoms with Crippen molar-refractivity contribution in [3.8, 4) is 0 Å². The Balaban J connectivity index is 2.41. The van der Waals surface area contributed by atoms with Gasteiger partial charge in [-0.3, -0.25) is 4.79 Å². The monoisotopic (exact) mass is 432 g/mol. The molecule has 1 saturated carbocycles. The minimum atomic E-state index is -0.0964. The van der Waals surface area contributed by atoms with Crippen molar-refractivity contribution < 1.29 is 9.53 Å². The van der Waals surface area contributed by atoms with E-state index in [0.717, 1.165) is 16.2 Å². The summed E-state index contributed by atoms with van der Waals surface area (Å²) < 4.78 is 6.31. The van der Waals surface area contributed by atoms with Crippen molar-refractivity contribution in [3.05, 3.63) is 32.8 Å². The fourth-order valence-corrected chi connectivity index (χ4v) is 3.19. The smallest absolute Gasteiger partial charge is 0.310 e. The fourth-order valence-electron chi connectivity index (χ4n) is 2.62. The summed E-state index contributed by atoms with van der Waals surface area (Å²) in [6.07, 6.45) is 8.33. The van der Waals surface area contributed by atoms with E-state index in [1.165, 1.54) is 11.1 Å². The third-order valence-corrected chi connectivity index (χ3v) is 4.75. The molecule has 0 aromatic heterocycles. The molecule has 4 heteroatoms. The highest BCUT2D eigenvalue weighted by atomic mass is 79.9. The second kappa shape index (κ2) is 8.49. The van der Waals surface area contributed by atoms with Gasteiger partial charge in [0.1, 0.15) is 6.61 Å². The number of hydrogen-bond donors (Lipinski definition) is 0. The van der Waals surface area contributed by atoms with Crippen LogP contribution in [0.1, 0.15) is 47.5 Å². The molecule has 0 saturated heterocycles. The SMILES string of the molecule is CC(C)=CCC/C(C)=C/COC(=O)[C@H]1[C@@H](C=C(Br)Br)C1(C)C. The van der Waals surface area contributed by atoms with Gasteiger partial charge in [-0.2, -0.15) is 0 Å². The average molecular weight is 434 g/mol. The van der Waals surface area contributed by atoms with Crippen LogP contribution in [0.5, 0.6) is 0 Å². The van der Waals surface area contributed by atoms with E-state index in [2.05, 4.69) is 72.6 Å². The van der Waals surface area contributed by atoms with Gasteiger partial charge in [0.2, 0.25) is 0 Å². The highest BCUT2D eigenvalue weighted by Crippen LogP contribution is 2.60. The van der Waals surface area contributed by atoms with Crippen molar-refractivity contribution in [2.24, 2.45) is 17.3 Å². The summed E-state index contributed by atoms with van der Waals surface area (Å²) in [5.41, 5.74) is 2.58. The van der Waals surface area contributed by atoms with E-state index < -0.39 is 0 Å². The van der Waals surface area contributed by atoms with Gasteiger partial charge >= 0.3 is 5.97 Å². The summed E-state index contributed by atoms with van der Waals surface area (Å²) in [4.78, 5) is 12.2. The van der Waals surface area contributed by atoms with E-state index in [4.69, 9.17) is 4.74 Å². The highest BCUT2D eigenvalue weighted by molar-refractivity contribution is 9.28. The Morgan fingerprint density at radius 3 is 2.36 bits per heavy atom. The zero-order valence-corrected chi connectivity index (χ0v) is 17.3. The Kier molecular flexibility index (Phi) is 7.60. The van der Waals surface area contributed by atoms with E-state index in [1.807, 2.05) is 12.2 Å². The lowest BCUT2D eigenvalue weighted by atomic mass is 10.1. The molecule has 2 nitrogen and oxygen atoms in total. The molecule has 124 valence electrons. The minimum absolute atomic E-state index is 0.0217. The van der Waals surface area contributed by atoms with Crippen molar-refractivity contribution >= 4 is 37.8 Å². The molecule has 0 aromatic carbocycles. The van der Waals surface area contributed by atoms with Crippen LogP contribution in [0.25, 0.3) is 0 Å². The zero-order chi connectivity index (χ0) is 16.9. The van der Waals surface area contributed by atoms with E-state index in [1.54, 1.807) is 0 Å². The largest absolute Gasteiger partial charge is 0.461 e. The topological polar surface area (TPSA) is 26.3 Å². The second-order valence-electron chi connectivity index (χ2n) is 6.78. The van der Waals surface area contributed by atoms with Crippen molar-refractivity contribution in [2.75, 3.05) is 6.61 Å². The van der Waals surface area contributed by atoms with Crippen molar-refractivity contribution in [1.29, 1.82) is 0 Å². The van der Waals surface area contributed by atoms with Gasteiger partial charge in [0.05, 0.1) is 9.31 Å². The minimum Gasteiger partial charge on any atom is -0.461 e. The third kappa shape index (κ3) is 6.04. The standard InChI is InChI=1S/C18H26Br2O2/c1-12(2)7-6-8-13(3)9-10-22-17(21)16-14(11-15(19)20)18(16,4)5/h7,9,11,14,16H,6,8,10H2,1-5H3/b13-9+/t14-,16-/m1/s1. The second-order valence-corrected chi connectivity index (χ2v) is 9.55. The maximum atomic E-state index is 12.2. The molecule has 0 spiro atoms. The molecule has 0 N–H and O–H groups in total. The first-order chi connectivity index (χ1) is 10.2. The number of allylic oxidation sites excluding steroid dienone is 4. The van der Waals surface area contributed by atoms with Crippen LogP contribution >= 0.6 is 31.9 Å². The fraction of sp³-hybridized carbons (Fsp3) is 0.611. The molecular formula is C18H26Br2O2. The predicted molar refractivity (Wildman–Crippen MR) is 100 cm³/mol. The molecule has 0 unspecified atom stereocenters. The summed E-state index contributed by atoms with van der Waals surface area (Å²) in [5, 5.41) is 0. The maximum Gasteiger partial charge on any atom is 0.310 e. The van der Waals surface area contributed by atoms with Gasteiger partial charge in [0.25, 0.3) is 0 Å². The van der Waals surface area contributed by atoms with Gasteiger partial charge in [-0.25, -0.2) is 0 Å². The molecule has 0 bridgehead atoms. The lowest BCUT2D eigenvalue weighted by Gasteiger charge is -2.04. The number of rotatable bonds is 7. The van der Waals surface area contributed by atoms with Gasteiger partial charge in [-0.15, -0.1) is 0 Å². The first kappa shape index (κ1) is 19.7. The summed E-state index contributed by atoms with van der Waals surface area (Å²) in [7, 11) is 0. The van der Waals surface area contributed by atoms with Crippen molar-refractivity contribution in [3.63, 3.8) is 0 Å². The van der Waals surface area contributed by atoms with Gasteiger partial charge in [0, 0.05) is 0 Å². The Hall–Kier alpha value is -0.350. The van der Waals surface area contributed by atoms with Crippen LogP contribution in [0, 0.1) is 17.3 Å². The molecule has 0 heterocycles. The lowest BCUT2D eigenvalue weighted by molar-refractivity contribution is -0.144. The molecule has 0 radical (unpaired) electrons. The number of carbonyl (C=O) groups is 1. The Bertz CT molecular complexity index is 493. The normalized spacial score (nSPS) is 22.8. The van der Waals surface area contributed by atoms with E-state index in [-0.39, 0.29) is 23.2 Å². The number of esters is 1. The Labute approximate surface area is 151 Å². The first-order valence-corrected chi connectivity index (χ1v) is 9.23. The average Bonchev–Trinajstić information content (AvgIpc) is 2.89. The van der Waals surface area contributed by atoms with E-state index in [0.29, 0.717) is 6.61 Å². The number of halogens is 2. The molecule has 1 aliphatic carbocycles. The summed E-state index contributed by atoms with van der Waals surface area (Å²) in [6.45, 7) is 10.9. The molecule has 0 aliphatic heterocycles. The third-order valence-electron chi connectivity index (χ3n) is 4.22. The van der Waals surface area contributed by atoms with Crippen molar-refractivity contribution in [2.45, 2.75) is 47.5 Å². The van der Waals surface area contributed by atoms with Crippen LogP contribution in [0.2, 0.25) is 0 Å². The van der Waals surface area contributed by atoms with Gasteiger partial charge in [0.15, 0.2) is 0 Å². The Morgan fingerprint density at radius 1 is 1.18 bits per heavy atom. The summed E-state index contributed by atoms with van der Waals surface area (Å²) in [6, 6.07) is 0. The maximum absolute atomic E-state index is 12.2. The molecule has 22 heavy (non-hydrogen) atoms. The van der Waals surface area contributed by atoms with E-state index >= 15 is 0 Å². The van der Waals surface area contributed by atoms with Gasteiger partial charge < -0.3 is 4.74 Å². The molecule has 2 atom stereocenters. The molecule has 1 aliphatic rings. The number of hydrogen-bond acceptors (Lipinski definition) is 2. The van der Waals surface area contributed by atoms with Crippen molar-refractivity contribution in [1.82, 2.24) is 0 Å². The highest BCUT2D eigenvalue weighted by Gasteiger charge is 2.61. The van der Waals surface area contributed by atoms with Gasteiger partial charge in [-0.1, -0.05) is 37.1 Å². The molecular weight excluding hydrogens is 408 g/mol. The van der Waals surface area contributed by atoms with Crippen LogP contribution in [-0.4, -0.2) is 12.6 Å². The zero-order valence-electron chi connectivity index (χ0n) is 14.1. The Morgan fingerprint density at radius 2 is 1.82 bits per heavy atom. The molecule has 1 fully saturated rings.